The number of nitrogens with one attached hydrogen (secondary N) is 2. The molecule has 0 unspecified atom stereocenters. The summed E-state index contributed by atoms with van der Waals surface area (Å²) in [5.74, 6) is 0.281. The molecule has 0 spiro atoms. The number of sulfonamides is 1. The lowest BCUT2D eigenvalue weighted by atomic mass is 10.2. The molecule has 2 N–H and O–H groups in total. The van der Waals surface area contributed by atoms with Crippen LogP contribution in [0.3, 0.4) is 0 Å². The van der Waals surface area contributed by atoms with Crippen LogP contribution >= 0.6 is 11.8 Å². The smallest absolute Gasteiger partial charge is 0.240 e. The molecule has 0 radical (unpaired) electrons. The molecular weight excluding hydrogens is 387 g/mol. The van der Waals surface area contributed by atoms with Crippen LogP contribution in [0.1, 0.15) is 25.3 Å². The second kappa shape index (κ2) is 10.4. The maximum Gasteiger partial charge on any atom is 0.240 e. The predicted octanol–water partition coefficient (Wildman–Crippen LogP) is 3.78. The molecule has 2 aromatic carbocycles. The third-order valence-electron chi connectivity index (χ3n) is 3.67. The van der Waals surface area contributed by atoms with E-state index in [1.54, 1.807) is 24.3 Å². The molecule has 0 fully saturated rings. The number of hydrogen-bond acceptors (Lipinski definition) is 4. The average molecular weight is 411 g/mol. The van der Waals surface area contributed by atoms with Crippen LogP contribution in [0.4, 0.5) is 10.1 Å². The number of hydrogen-bond donors (Lipinski definition) is 2. The van der Waals surface area contributed by atoms with Crippen molar-refractivity contribution >= 4 is 33.4 Å². The molecule has 0 bridgehead atoms. The number of amides is 1. The molecule has 0 saturated carbocycles. The van der Waals surface area contributed by atoms with E-state index in [0.717, 1.165) is 18.4 Å². The molecule has 0 aliphatic rings. The summed E-state index contributed by atoms with van der Waals surface area (Å²) in [6.07, 6.45) is 1.66. The average Bonchev–Trinajstić information content (AvgIpc) is 2.64. The molecule has 2 rings (SSSR count). The molecule has 8 heteroatoms. The minimum atomic E-state index is -3.58. The third-order valence-corrected chi connectivity index (χ3v) is 6.13. The number of anilines is 1. The van der Waals surface area contributed by atoms with E-state index in [2.05, 4.69) is 10.0 Å². The molecule has 0 aliphatic carbocycles. The predicted molar refractivity (Wildman–Crippen MR) is 108 cm³/mol. The fraction of sp³-hybridized carbons (Fsp3) is 0.316. The van der Waals surface area contributed by atoms with Crippen molar-refractivity contribution in [2.24, 2.45) is 0 Å². The monoisotopic (exact) mass is 410 g/mol. The van der Waals surface area contributed by atoms with Gasteiger partial charge < -0.3 is 5.32 Å². The summed E-state index contributed by atoms with van der Waals surface area (Å²) in [6.45, 7) is 2.37. The Morgan fingerprint density at radius 1 is 1.15 bits per heavy atom. The van der Waals surface area contributed by atoms with Gasteiger partial charge in [0.1, 0.15) is 5.82 Å². The molecule has 2 aromatic rings. The molecule has 0 saturated heterocycles. The van der Waals surface area contributed by atoms with Crippen LogP contribution in [0, 0.1) is 5.82 Å². The van der Waals surface area contributed by atoms with Gasteiger partial charge >= 0.3 is 0 Å². The fourth-order valence-corrected chi connectivity index (χ4v) is 4.15. The number of carbonyl (C=O) groups excluding carboxylic acids is 1. The zero-order valence-electron chi connectivity index (χ0n) is 15.1. The largest absolute Gasteiger partial charge is 0.325 e. The molecule has 0 atom stereocenters. The maximum absolute atomic E-state index is 12.9. The standard InChI is InChI=1S/C19H23FN2O3S2/c1-2-3-11-21-27(24,25)18-6-4-5-17(12-18)22-19(23)14-26-13-15-7-9-16(20)10-8-15/h4-10,12,21H,2-3,11,13-14H2,1H3,(H,22,23). The van der Waals surface area contributed by atoms with E-state index in [-0.39, 0.29) is 22.4 Å². The Kier molecular flexibility index (Phi) is 8.27. The molecule has 27 heavy (non-hydrogen) atoms. The van der Waals surface area contributed by atoms with Crippen LogP contribution in [0.15, 0.2) is 53.4 Å². The van der Waals surface area contributed by atoms with Crippen LogP contribution < -0.4 is 10.0 Å². The lowest BCUT2D eigenvalue weighted by molar-refractivity contribution is -0.113. The summed E-state index contributed by atoms with van der Waals surface area (Å²) in [5.41, 5.74) is 1.36. The normalized spacial score (nSPS) is 11.3. The van der Waals surface area contributed by atoms with Crippen LogP contribution in [-0.4, -0.2) is 26.6 Å². The molecule has 146 valence electrons. The Hall–Kier alpha value is -1.90. The van der Waals surface area contributed by atoms with Crippen molar-refractivity contribution in [3.63, 3.8) is 0 Å². The van der Waals surface area contributed by atoms with Crippen LogP contribution in [0.5, 0.6) is 0 Å². The zero-order chi connectivity index (χ0) is 19.7. The van der Waals surface area contributed by atoms with E-state index in [1.807, 2.05) is 6.92 Å². The first kappa shape index (κ1) is 21.4. The van der Waals surface area contributed by atoms with Gasteiger partial charge in [0.2, 0.25) is 15.9 Å². The molecule has 5 nitrogen and oxygen atoms in total. The number of carbonyl (C=O) groups is 1. The summed E-state index contributed by atoms with van der Waals surface area (Å²) in [6, 6.07) is 12.3. The quantitative estimate of drug-likeness (QED) is 0.585. The van der Waals surface area contributed by atoms with E-state index in [0.29, 0.717) is 18.0 Å². The first-order valence-electron chi connectivity index (χ1n) is 8.62. The molecule has 0 heterocycles. The first-order chi connectivity index (χ1) is 12.9. The first-order valence-corrected chi connectivity index (χ1v) is 11.3. The minimum Gasteiger partial charge on any atom is -0.325 e. The number of benzene rings is 2. The van der Waals surface area contributed by atoms with E-state index >= 15 is 0 Å². The van der Waals surface area contributed by atoms with Crippen molar-refractivity contribution in [3.05, 3.63) is 59.9 Å². The minimum absolute atomic E-state index is 0.121. The van der Waals surface area contributed by atoms with Crippen LogP contribution in [-0.2, 0) is 20.6 Å². The SMILES string of the molecule is CCCCNS(=O)(=O)c1cccc(NC(=O)CSCc2ccc(F)cc2)c1. The maximum atomic E-state index is 12.9. The highest BCUT2D eigenvalue weighted by atomic mass is 32.2. The molecule has 1 amide bonds. The summed E-state index contributed by atoms with van der Waals surface area (Å²) in [4.78, 5) is 12.2. The summed E-state index contributed by atoms with van der Waals surface area (Å²) < 4.78 is 39.9. The van der Waals surface area contributed by atoms with Gasteiger partial charge in [-0.3, -0.25) is 4.79 Å². The van der Waals surface area contributed by atoms with Gasteiger partial charge in [0.25, 0.3) is 0 Å². The number of rotatable bonds is 10. The van der Waals surface area contributed by atoms with Crippen LogP contribution in [0.2, 0.25) is 0 Å². The van der Waals surface area contributed by atoms with E-state index < -0.39 is 10.0 Å². The van der Waals surface area contributed by atoms with E-state index in [9.17, 15) is 17.6 Å². The van der Waals surface area contributed by atoms with Crippen molar-refractivity contribution in [1.82, 2.24) is 4.72 Å². The summed E-state index contributed by atoms with van der Waals surface area (Å²) >= 11 is 1.40. The highest BCUT2D eigenvalue weighted by Gasteiger charge is 2.14. The molecule has 0 aromatic heterocycles. The lowest BCUT2D eigenvalue weighted by Gasteiger charge is -2.09. The Balaban J connectivity index is 1.87. The summed E-state index contributed by atoms with van der Waals surface area (Å²) in [7, 11) is -3.58. The Bertz CT molecular complexity index is 856. The van der Waals surface area contributed by atoms with Crippen LogP contribution in [0.25, 0.3) is 0 Å². The number of halogens is 1. The van der Waals surface area contributed by atoms with E-state index in [4.69, 9.17) is 0 Å². The summed E-state index contributed by atoms with van der Waals surface area (Å²) in [5, 5.41) is 2.71. The lowest BCUT2D eigenvalue weighted by Crippen LogP contribution is -2.25. The number of thioether (sulfide) groups is 1. The second-order valence-electron chi connectivity index (χ2n) is 5.95. The van der Waals surface area contributed by atoms with Crippen molar-refractivity contribution < 1.29 is 17.6 Å². The third kappa shape index (κ3) is 7.32. The number of unbranched alkanes of at least 4 members (excludes halogenated alkanes) is 1. The van der Waals surface area contributed by atoms with E-state index in [1.165, 1.54) is 36.0 Å². The highest BCUT2D eigenvalue weighted by Crippen LogP contribution is 2.17. The van der Waals surface area contributed by atoms with Gasteiger partial charge in [0.15, 0.2) is 0 Å². The van der Waals surface area contributed by atoms with Gasteiger partial charge in [-0.05, 0) is 42.3 Å². The van der Waals surface area contributed by atoms with Gasteiger partial charge in [-0.15, -0.1) is 11.8 Å². The second-order valence-corrected chi connectivity index (χ2v) is 8.70. The Morgan fingerprint density at radius 2 is 1.89 bits per heavy atom. The van der Waals surface area contributed by atoms with Crippen molar-refractivity contribution in [1.29, 1.82) is 0 Å². The van der Waals surface area contributed by atoms with Gasteiger partial charge in [-0.25, -0.2) is 17.5 Å². The van der Waals surface area contributed by atoms with Crippen molar-refractivity contribution in [2.45, 2.75) is 30.4 Å². The van der Waals surface area contributed by atoms with Gasteiger partial charge in [0.05, 0.1) is 10.6 Å². The van der Waals surface area contributed by atoms with Crippen molar-refractivity contribution in [2.75, 3.05) is 17.6 Å². The van der Waals surface area contributed by atoms with Crippen molar-refractivity contribution in [3.8, 4) is 0 Å². The van der Waals surface area contributed by atoms with Gasteiger partial charge in [0, 0.05) is 18.0 Å². The topological polar surface area (TPSA) is 75.3 Å². The van der Waals surface area contributed by atoms with Gasteiger partial charge in [-0.2, -0.15) is 0 Å². The Morgan fingerprint density at radius 3 is 2.59 bits per heavy atom. The zero-order valence-corrected chi connectivity index (χ0v) is 16.7. The van der Waals surface area contributed by atoms with Gasteiger partial charge in [-0.1, -0.05) is 31.5 Å². The highest BCUT2D eigenvalue weighted by molar-refractivity contribution is 7.99. The molecular formula is C19H23FN2O3S2. The Labute approximate surface area is 163 Å². The fourth-order valence-electron chi connectivity index (χ4n) is 2.25. The molecule has 0 aliphatic heterocycles.